The standard InChI is InChI=1S/2C5H3F3N2O2.C5H3F3N2/c2*6-5(7,8)2-1-9-4(12)10-3(2)11;6-5(7,8)4-9-2-1-3-10-4/h2*1H,(H2,9,10,11,12);1-3H. The van der Waals surface area contributed by atoms with Crippen LogP contribution in [0.4, 0.5) is 39.5 Å². The summed E-state index contributed by atoms with van der Waals surface area (Å²) in [6.07, 6.45) is -11.1. The van der Waals surface area contributed by atoms with Crippen LogP contribution in [0.3, 0.4) is 0 Å². The fourth-order valence-electron chi connectivity index (χ4n) is 1.69. The molecule has 19 heteroatoms. The van der Waals surface area contributed by atoms with Gasteiger partial charge in [-0.2, -0.15) is 39.5 Å². The highest BCUT2D eigenvalue weighted by Crippen LogP contribution is 2.26. The van der Waals surface area contributed by atoms with Crippen molar-refractivity contribution in [3.05, 3.63) is 89.5 Å². The number of aromatic nitrogens is 6. The summed E-state index contributed by atoms with van der Waals surface area (Å²) in [5, 5.41) is 0. The lowest BCUT2D eigenvalue weighted by molar-refractivity contribution is -0.145. The maximum Gasteiger partial charge on any atom is 0.451 e. The Kier molecular flexibility index (Phi) is 8.70. The van der Waals surface area contributed by atoms with Crippen LogP contribution in [0.5, 0.6) is 0 Å². The van der Waals surface area contributed by atoms with Gasteiger partial charge in [0, 0.05) is 24.8 Å². The summed E-state index contributed by atoms with van der Waals surface area (Å²) in [5.41, 5.74) is -7.64. The number of hydrogen-bond acceptors (Lipinski definition) is 6. The molecule has 0 unspecified atom stereocenters. The van der Waals surface area contributed by atoms with Gasteiger partial charge in [-0.3, -0.25) is 19.6 Å². The molecule has 4 N–H and O–H groups in total. The predicted octanol–water partition coefficient (Wildman–Crippen LogP) is 1.66. The zero-order valence-electron chi connectivity index (χ0n) is 15.8. The van der Waals surface area contributed by atoms with Crippen molar-refractivity contribution < 1.29 is 39.5 Å². The molecule has 186 valence electrons. The van der Waals surface area contributed by atoms with Crippen LogP contribution in [-0.2, 0) is 18.5 Å². The molecule has 3 heterocycles. The maximum absolute atomic E-state index is 11.8. The first-order valence-corrected chi connectivity index (χ1v) is 8.05. The lowest BCUT2D eigenvalue weighted by Gasteiger charge is -2.02. The molecular formula is C15H9F9N6O4. The molecule has 0 radical (unpaired) electrons. The molecular weight excluding hydrogens is 499 g/mol. The Labute approximate surface area is 178 Å². The Morgan fingerprint density at radius 2 is 0.941 bits per heavy atom. The number of rotatable bonds is 0. The molecule has 0 aliphatic heterocycles. The molecule has 34 heavy (non-hydrogen) atoms. The Morgan fingerprint density at radius 3 is 1.18 bits per heavy atom. The molecule has 3 aromatic heterocycles. The van der Waals surface area contributed by atoms with E-state index in [1.807, 2.05) is 0 Å². The van der Waals surface area contributed by atoms with E-state index in [9.17, 15) is 58.7 Å². The van der Waals surface area contributed by atoms with Gasteiger partial charge in [-0.15, -0.1) is 0 Å². The number of halogens is 9. The van der Waals surface area contributed by atoms with E-state index >= 15 is 0 Å². The van der Waals surface area contributed by atoms with Crippen molar-refractivity contribution in [2.24, 2.45) is 0 Å². The molecule has 0 atom stereocenters. The average molecular weight is 508 g/mol. The molecule has 3 rings (SSSR count). The predicted molar refractivity (Wildman–Crippen MR) is 92.4 cm³/mol. The second-order valence-corrected chi connectivity index (χ2v) is 5.54. The number of nitrogens with one attached hydrogen (secondary N) is 4. The zero-order valence-corrected chi connectivity index (χ0v) is 15.8. The van der Waals surface area contributed by atoms with Crippen LogP contribution >= 0.6 is 0 Å². The van der Waals surface area contributed by atoms with Crippen molar-refractivity contribution in [3.8, 4) is 0 Å². The van der Waals surface area contributed by atoms with Gasteiger partial charge in [0.1, 0.15) is 11.1 Å². The molecule has 0 aromatic carbocycles. The summed E-state index contributed by atoms with van der Waals surface area (Å²) in [5.74, 6) is -1.10. The first-order valence-electron chi connectivity index (χ1n) is 8.05. The molecule has 0 saturated heterocycles. The van der Waals surface area contributed by atoms with E-state index in [0.29, 0.717) is 12.4 Å². The van der Waals surface area contributed by atoms with Gasteiger partial charge in [-0.05, 0) is 6.07 Å². The molecule has 0 aliphatic carbocycles. The second-order valence-electron chi connectivity index (χ2n) is 5.54. The summed E-state index contributed by atoms with van der Waals surface area (Å²) < 4.78 is 106. The summed E-state index contributed by atoms with van der Waals surface area (Å²) >= 11 is 0. The summed E-state index contributed by atoms with van der Waals surface area (Å²) in [6, 6.07) is 1.33. The van der Waals surface area contributed by atoms with Gasteiger partial charge in [-0.25, -0.2) is 19.6 Å². The Hall–Kier alpha value is -4.19. The van der Waals surface area contributed by atoms with Gasteiger partial charge >= 0.3 is 29.9 Å². The molecule has 0 fully saturated rings. The average Bonchev–Trinajstić information content (AvgIpc) is 2.67. The molecule has 3 aromatic rings. The van der Waals surface area contributed by atoms with Gasteiger partial charge in [0.2, 0.25) is 5.82 Å². The van der Waals surface area contributed by atoms with E-state index in [2.05, 4.69) is 9.97 Å². The molecule has 0 saturated carbocycles. The number of nitrogens with zero attached hydrogens (tertiary/aromatic N) is 2. The molecule has 0 amide bonds. The summed E-state index contributed by atoms with van der Waals surface area (Å²) in [7, 11) is 0. The van der Waals surface area contributed by atoms with Crippen molar-refractivity contribution in [2.45, 2.75) is 18.5 Å². The van der Waals surface area contributed by atoms with Gasteiger partial charge in [-0.1, -0.05) is 0 Å². The van der Waals surface area contributed by atoms with E-state index in [-0.39, 0.29) is 0 Å². The third-order valence-corrected chi connectivity index (χ3v) is 3.07. The fraction of sp³-hybridized carbons (Fsp3) is 0.200. The monoisotopic (exact) mass is 508 g/mol. The Morgan fingerprint density at radius 1 is 0.588 bits per heavy atom. The first kappa shape index (κ1) is 27.8. The number of hydrogen-bond donors (Lipinski definition) is 4. The summed E-state index contributed by atoms with van der Waals surface area (Å²) in [4.78, 5) is 53.9. The van der Waals surface area contributed by atoms with E-state index in [1.165, 1.54) is 16.0 Å². The highest BCUT2D eigenvalue weighted by molar-refractivity contribution is 5.08. The van der Waals surface area contributed by atoms with Crippen LogP contribution < -0.4 is 22.5 Å². The van der Waals surface area contributed by atoms with Gasteiger partial charge in [0.25, 0.3) is 11.1 Å². The Bertz CT molecular complexity index is 1230. The van der Waals surface area contributed by atoms with E-state index in [0.717, 1.165) is 12.4 Å². The zero-order chi connectivity index (χ0) is 26.3. The molecule has 0 bridgehead atoms. The van der Waals surface area contributed by atoms with Crippen molar-refractivity contribution in [2.75, 3.05) is 0 Å². The van der Waals surface area contributed by atoms with E-state index in [4.69, 9.17) is 0 Å². The van der Waals surface area contributed by atoms with Crippen LogP contribution in [0.2, 0.25) is 0 Å². The van der Waals surface area contributed by atoms with E-state index in [1.54, 1.807) is 9.97 Å². The topological polar surface area (TPSA) is 157 Å². The normalized spacial score (nSPS) is 11.6. The minimum atomic E-state index is -4.74. The largest absolute Gasteiger partial charge is 0.451 e. The first-order chi connectivity index (χ1) is 15.4. The Balaban J connectivity index is 0.000000256. The van der Waals surface area contributed by atoms with Crippen LogP contribution in [0.25, 0.3) is 0 Å². The number of alkyl halides is 9. The minimum Gasteiger partial charge on any atom is -0.313 e. The maximum atomic E-state index is 11.8. The molecule has 10 nitrogen and oxygen atoms in total. The third-order valence-electron chi connectivity index (χ3n) is 3.07. The van der Waals surface area contributed by atoms with Gasteiger partial charge < -0.3 is 9.97 Å². The van der Waals surface area contributed by atoms with Crippen molar-refractivity contribution >= 4 is 0 Å². The van der Waals surface area contributed by atoms with Crippen LogP contribution in [0.15, 0.2) is 50.0 Å². The molecule has 0 aliphatic rings. The second kappa shape index (κ2) is 10.6. The van der Waals surface area contributed by atoms with Crippen molar-refractivity contribution in [1.82, 2.24) is 29.9 Å². The van der Waals surface area contributed by atoms with Gasteiger partial charge in [0.05, 0.1) is 0 Å². The van der Waals surface area contributed by atoms with Crippen LogP contribution in [-0.4, -0.2) is 29.9 Å². The summed E-state index contributed by atoms with van der Waals surface area (Å²) in [6.45, 7) is 0. The smallest absolute Gasteiger partial charge is 0.313 e. The lowest BCUT2D eigenvalue weighted by atomic mass is 10.3. The molecule has 0 spiro atoms. The minimum absolute atomic E-state index is 0.334. The van der Waals surface area contributed by atoms with Crippen molar-refractivity contribution in [1.29, 1.82) is 0 Å². The van der Waals surface area contributed by atoms with Crippen LogP contribution in [0, 0.1) is 0 Å². The van der Waals surface area contributed by atoms with E-state index < -0.39 is 58.0 Å². The quantitative estimate of drug-likeness (QED) is 0.339. The lowest BCUT2D eigenvalue weighted by Crippen LogP contribution is -2.28. The highest BCUT2D eigenvalue weighted by Gasteiger charge is 2.35. The highest BCUT2D eigenvalue weighted by atomic mass is 19.4. The van der Waals surface area contributed by atoms with Crippen LogP contribution in [0.1, 0.15) is 17.0 Å². The SMILES string of the molecule is FC(F)(F)c1ncccn1.O=c1[nH]cc(C(F)(F)F)c(=O)[nH]1.O=c1[nH]cc(C(F)(F)F)c(=O)[nH]1. The number of aromatic amines is 4. The van der Waals surface area contributed by atoms with Crippen molar-refractivity contribution in [3.63, 3.8) is 0 Å². The third kappa shape index (κ3) is 8.74. The number of H-pyrrole nitrogens is 4. The van der Waals surface area contributed by atoms with Gasteiger partial charge in [0.15, 0.2) is 0 Å². The fourth-order valence-corrected chi connectivity index (χ4v) is 1.69.